The van der Waals surface area contributed by atoms with Crippen molar-refractivity contribution in [2.75, 3.05) is 18.8 Å². The minimum atomic E-state index is 0.112. The molecule has 1 aliphatic heterocycles. The molecule has 8 heteroatoms. The van der Waals surface area contributed by atoms with Crippen molar-refractivity contribution in [1.29, 1.82) is 0 Å². The number of aromatic nitrogens is 3. The zero-order valence-electron chi connectivity index (χ0n) is 18.8. The molecular weight excluding hydrogens is 448 g/mol. The molecular formula is C26H26N4O3S. The van der Waals surface area contributed by atoms with Gasteiger partial charge in [-0.2, -0.15) is 0 Å². The van der Waals surface area contributed by atoms with Gasteiger partial charge in [0.15, 0.2) is 6.61 Å². The van der Waals surface area contributed by atoms with Crippen LogP contribution in [0.2, 0.25) is 0 Å². The van der Waals surface area contributed by atoms with E-state index in [0.717, 1.165) is 43.3 Å². The first-order valence-corrected chi connectivity index (χ1v) is 12.5. The van der Waals surface area contributed by atoms with Crippen molar-refractivity contribution >= 4 is 28.6 Å². The van der Waals surface area contributed by atoms with Crippen molar-refractivity contribution in [2.45, 2.75) is 31.1 Å². The number of fused-ring (bicyclic) bond motifs is 1. The summed E-state index contributed by atoms with van der Waals surface area (Å²) < 4.78 is 11.5. The summed E-state index contributed by atoms with van der Waals surface area (Å²) in [5.41, 5.74) is 2.16. The number of amides is 1. The largest absolute Gasteiger partial charge is 0.482 e. The highest BCUT2D eigenvalue weighted by atomic mass is 32.2. The molecule has 2 aromatic heterocycles. The smallest absolute Gasteiger partial charge is 0.277 e. The Kier molecular flexibility index (Phi) is 7.05. The second-order valence-electron chi connectivity index (χ2n) is 8.38. The standard InChI is InChI=1S/C26H26N4O3S/c31-24(30-14-11-20(12-15-30)16-19-6-2-1-3-7-19)18-34-26-29-28-23(33-26)17-32-22-10-4-8-21-9-5-13-27-25(21)22/h1-10,13,20H,11-12,14-18H2. The lowest BCUT2D eigenvalue weighted by Gasteiger charge is -2.32. The van der Waals surface area contributed by atoms with E-state index in [0.29, 0.717) is 28.5 Å². The van der Waals surface area contributed by atoms with Crippen molar-refractivity contribution in [3.05, 3.63) is 78.3 Å². The third kappa shape index (κ3) is 5.56. The number of likely N-dealkylation sites (tertiary alicyclic amines) is 1. The van der Waals surface area contributed by atoms with Gasteiger partial charge in [0.25, 0.3) is 11.1 Å². The minimum Gasteiger partial charge on any atom is -0.482 e. The minimum absolute atomic E-state index is 0.112. The summed E-state index contributed by atoms with van der Waals surface area (Å²) in [6.07, 6.45) is 4.89. The van der Waals surface area contributed by atoms with Gasteiger partial charge < -0.3 is 14.1 Å². The number of thioether (sulfide) groups is 1. The van der Waals surface area contributed by atoms with Gasteiger partial charge >= 0.3 is 0 Å². The maximum Gasteiger partial charge on any atom is 0.277 e. The van der Waals surface area contributed by atoms with Crippen LogP contribution in [-0.4, -0.2) is 44.8 Å². The Balaban J connectivity index is 1.07. The quantitative estimate of drug-likeness (QED) is 0.340. The highest BCUT2D eigenvalue weighted by Crippen LogP contribution is 2.25. The number of carbonyl (C=O) groups is 1. The van der Waals surface area contributed by atoms with Crippen LogP contribution >= 0.6 is 11.8 Å². The van der Waals surface area contributed by atoms with E-state index in [9.17, 15) is 4.79 Å². The lowest BCUT2D eigenvalue weighted by atomic mass is 9.90. The number of hydrogen-bond acceptors (Lipinski definition) is 7. The number of rotatable bonds is 8. The second-order valence-corrected chi connectivity index (χ2v) is 9.31. The van der Waals surface area contributed by atoms with Crippen molar-refractivity contribution in [2.24, 2.45) is 5.92 Å². The summed E-state index contributed by atoms with van der Waals surface area (Å²) in [6.45, 7) is 1.75. The van der Waals surface area contributed by atoms with E-state index in [1.54, 1.807) is 6.20 Å². The first-order valence-electron chi connectivity index (χ1n) is 11.5. The molecule has 0 saturated carbocycles. The van der Waals surface area contributed by atoms with E-state index < -0.39 is 0 Å². The zero-order valence-corrected chi connectivity index (χ0v) is 19.6. The lowest BCUT2D eigenvalue weighted by Crippen LogP contribution is -2.39. The number of carbonyl (C=O) groups excluding carboxylic acids is 1. The molecule has 0 bridgehead atoms. The molecule has 0 N–H and O–H groups in total. The summed E-state index contributed by atoms with van der Waals surface area (Å²) in [7, 11) is 0. The normalized spacial score (nSPS) is 14.4. The molecule has 174 valence electrons. The number of benzene rings is 2. The number of hydrogen-bond donors (Lipinski definition) is 0. The van der Waals surface area contributed by atoms with Crippen LogP contribution in [0.1, 0.15) is 24.3 Å². The molecule has 1 aliphatic rings. The van der Waals surface area contributed by atoms with Crippen LogP contribution in [0.15, 0.2) is 76.5 Å². The monoisotopic (exact) mass is 474 g/mol. The molecule has 34 heavy (non-hydrogen) atoms. The van der Waals surface area contributed by atoms with E-state index in [2.05, 4.69) is 39.4 Å². The topological polar surface area (TPSA) is 81.3 Å². The molecule has 1 amide bonds. The average molecular weight is 475 g/mol. The summed E-state index contributed by atoms with van der Waals surface area (Å²) in [4.78, 5) is 19.0. The number of piperidine rings is 1. The molecule has 4 aromatic rings. The van der Waals surface area contributed by atoms with Gasteiger partial charge in [-0.15, -0.1) is 10.2 Å². The maximum atomic E-state index is 12.7. The first-order chi connectivity index (χ1) is 16.7. The average Bonchev–Trinajstić information content (AvgIpc) is 3.35. The summed E-state index contributed by atoms with van der Waals surface area (Å²) in [6, 6.07) is 20.2. The molecule has 2 aromatic carbocycles. The Morgan fingerprint density at radius 3 is 2.71 bits per heavy atom. The van der Waals surface area contributed by atoms with Gasteiger partial charge in [-0.3, -0.25) is 9.78 Å². The molecule has 3 heterocycles. The molecule has 5 rings (SSSR count). The van der Waals surface area contributed by atoms with Crippen LogP contribution in [0.5, 0.6) is 5.75 Å². The van der Waals surface area contributed by atoms with E-state index in [1.165, 1.54) is 17.3 Å². The van der Waals surface area contributed by atoms with E-state index >= 15 is 0 Å². The molecule has 1 fully saturated rings. The maximum absolute atomic E-state index is 12.7. The first kappa shape index (κ1) is 22.4. The fraction of sp³-hybridized carbons (Fsp3) is 0.308. The highest BCUT2D eigenvalue weighted by Gasteiger charge is 2.23. The molecule has 0 spiro atoms. The van der Waals surface area contributed by atoms with Gasteiger partial charge in [-0.05, 0) is 42.9 Å². The molecule has 0 radical (unpaired) electrons. The molecule has 0 unspecified atom stereocenters. The van der Waals surface area contributed by atoms with Crippen LogP contribution in [0.25, 0.3) is 10.9 Å². The molecule has 0 aliphatic carbocycles. The van der Waals surface area contributed by atoms with Crippen LogP contribution in [0.3, 0.4) is 0 Å². The number of nitrogens with zero attached hydrogens (tertiary/aromatic N) is 4. The van der Waals surface area contributed by atoms with Gasteiger partial charge in [0.05, 0.1) is 5.75 Å². The Morgan fingerprint density at radius 2 is 1.85 bits per heavy atom. The number of para-hydroxylation sites is 1. The zero-order chi connectivity index (χ0) is 23.2. The number of pyridine rings is 1. The van der Waals surface area contributed by atoms with Crippen LogP contribution in [0, 0.1) is 5.92 Å². The van der Waals surface area contributed by atoms with Crippen LogP contribution < -0.4 is 4.74 Å². The Labute approximate surface area is 202 Å². The van der Waals surface area contributed by atoms with Crippen molar-refractivity contribution < 1.29 is 13.9 Å². The predicted molar refractivity (Wildman–Crippen MR) is 131 cm³/mol. The van der Waals surface area contributed by atoms with Crippen LogP contribution in [-0.2, 0) is 17.8 Å². The highest BCUT2D eigenvalue weighted by molar-refractivity contribution is 7.99. The van der Waals surface area contributed by atoms with Gasteiger partial charge in [0, 0.05) is 24.7 Å². The molecule has 1 saturated heterocycles. The Morgan fingerprint density at radius 1 is 1.03 bits per heavy atom. The fourth-order valence-electron chi connectivity index (χ4n) is 4.24. The van der Waals surface area contributed by atoms with Crippen molar-refractivity contribution in [3.63, 3.8) is 0 Å². The third-order valence-corrected chi connectivity index (χ3v) is 6.85. The summed E-state index contributed by atoms with van der Waals surface area (Å²) in [5.74, 6) is 2.07. The second kappa shape index (κ2) is 10.7. The van der Waals surface area contributed by atoms with E-state index in [1.807, 2.05) is 41.3 Å². The Bertz CT molecular complexity index is 1230. The summed E-state index contributed by atoms with van der Waals surface area (Å²) >= 11 is 1.27. The van der Waals surface area contributed by atoms with Gasteiger partial charge in [-0.25, -0.2) is 0 Å². The van der Waals surface area contributed by atoms with Gasteiger partial charge in [0.2, 0.25) is 5.91 Å². The lowest BCUT2D eigenvalue weighted by molar-refractivity contribution is -0.129. The summed E-state index contributed by atoms with van der Waals surface area (Å²) in [5, 5.41) is 9.47. The van der Waals surface area contributed by atoms with Crippen molar-refractivity contribution in [1.82, 2.24) is 20.1 Å². The van der Waals surface area contributed by atoms with Gasteiger partial charge in [0.1, 0.15) is 11.3 Å². The van der Waals surface area contributed by atoms with E-state index in [4.69, 9.17) is 9.15 Å². The van der Waals surface area contributed by atoms with Crippen molar-refractivity contribution in [3.8, 4) is 5.75 Å². The van der Waals surface area contributed by atoms with E-state index in [-0.39, 0.29) is 12.5 Å². The fourth-order valence-corrected chi connectivity index (χ4v) is 4.92. The predicted octanol–water partition coefficient (Wildman–Crippen LogP) is 4.77. The van der Waals surface area contributed by atoms with Gasteiger partial charge in [-0.1, -0.05) is 60.3 Å². The van der Waals surface area contributed by atoms with Crippen LogP contribution in [0.4, 0.5) is 0 Å². The number of ether oxygens (including phenoxy) is 1. The molecule has 0 atom stereocenters. The Hall–Kier alpha value is -3.39. The SMILES string of the molecule is O=C(CSc1nnc(COc2cccc3cccnc23)o1)N1CCC(Cc2ccccc2)CC1. The third-order valence-electron chi connectivity index (χ3n) is 6.05. The molecule has 7 nitrogen and oxygen atoms in total.